The van der Waals surface area contributed by atoms with Gasteiger partial charge in [-0.1, -0.05) is 0 Å². The fourth-order valence-electron chi connectivity index (χ4n) is 3.24. The van der Waals surface area contributed by atoms with E-state index in [4.69, 9.17) is 24.1 Å². The third kappa shape index (κ3) is 3.69. The molecule has 29 heavy (non-hydrogen) atoms. The van der Waals surface area contributed by atoms with Gasteiger partial charge in [0.1, 0.15) is 6.54 Å². The van der Waals surface area contributed by atoms with Gasteiger partial charge in [0, 0.05) is 5.56 Å². The molecule has 0 fully saturated rings. The Morgan fingerprint density at radius 2 is 1.24 bits per heavy atom. The van der Waals surface area contributed by atoms with Crippen LogP contribution >= 0.6 is 0 Å². The first-order valence-corrected chi connectivity index (χ1v) is 8.68. The van der Waals surface area contributed by atoms with Crippen molar-refractivity contribution in [2.45, 2.75) is 0 Å². The van der Waals surface area contributed by atoms with Crippen molar-refractivity contribution < 1.29 is 33.6 Å². The van der Waals surface area contributed by atoms with Crippen molar-refractivity contribution in [2.75, 3.05) is 35.0 Å². The minimum Gasteiger partial charge on any atom is -0.493 e. The molecule has 8 nitrogen and oxygen atoms in total. The van der Waals surface area contributed by atoms with Crippen LogP contribution in [0.25, 0.3) is 21.5 Å². The molecule has 0 saturated heterocycles. The lowest BCUT2D eigenvalue weighted by Crippen LogP contribution is -2.29. The van der Waals surface area contributed by atoms with Crippen LogP contribution in [-0.4, -0.2) is 52.0 Å². The maximum absolute atomic E-state index is 12.7. The molecule has 0 heterocycles. The highest BCUT2D eigenvalue weighted by Crippen LogP contribution is 2.41. The molecule has 3 rings (SSSR count). The molecule has 152 valence electrons. The zero-order valence-corrected chi connectivity index (χ0v) is 16.5. The Morgan fingerprint density at radius 1 is 0.759 bits per heavy atom. The molecule has 0 aromatic heterocycles. The SMILES string of the molecule is COc1cc2cc(C(=O)NCC(=O)O)c3cc(OC)c(OC)cc3c2cc1OC. The van der Waals surface area contributed by atoms with E-state index < -0.39 is 18.4 Å². The quantitative estimate of drug-likeness (QED) is 0.589. The smallest absolute Gasteiger partial charge is 0.322 e. The summed E-state index contributed by atoms with van der Waals surface area (Å²) in [7, 11) is 6.10. The molecule has 0 aliphatic heterocycles. The fraction of sp³-hybridized carbons (Fsp3) is 0.238. The van der Waals surface area contributed by atoms with Crippen LogP contribution in [0.1, 0.15) is 10.4 Å². The van der Waals surface area contributed by atoms with E-state index in [1.807, 2.05) is 6.07 Å². The van der Waals surface area contributed by atoms with Gasteiger partial charge in [-0.25, -0.2) is 0 Å². The summed E-state index contributed by atoms with van der Waals surface area (Å²) in [5.74, 6) is 0.359. The number of benzene rings is 3. The van der Waals surface area contributed by atoms with E-state index in [0.717, 1.165) is 16.2 Å². The number of carbonyl (C=O) groups excluding carboxylic acids is 1. The second-order valence-corrected chi connectivity index (χ2v) is 6.18. The number of amides is 1. The number of hydrogen-bond acceptors (Lipinski definition) is 6. The molecule has 0 spiro atoms. The number of aliphatic carboxylic acids is 1. The van der Waals surface area contributed by atoms with E-state index in [1.54, 1.807) is 31.4 Å². The van der Waals surface area contributed by atoms with Gasteiger partial charge in [-0.2, -0.15) is 0 Å². The van der Waals surface area contributed by atoms with Crippen LogP contribution in [0.2, 0.25) is 0 Å². The molecule has 0 radical (unpaired) electrons. The van der Waals surface area contributed by atoms with E-state index in [2.05, 4.69) is 5.32 Å². The average molecular weight is 399 g/mol. The highest BCUT2D eigenvalue weighted by atomic mass is 16.5. The molecular formula is C21H21NO7. The summed E-state index contributed by atoms with van der Waals surface area (Å²) >= 11 is 0. The third-order valence-corrected chi connectivity index (χ3v) is 4.60. The molecule has 3 aromatic carbocycles. The van der Waals surface area contributed by atoms with Crippen molar-refractivity contribution in [3.05, 3.63) is 35.9 Å². The van der Waals surface area contributed by atoms with Gasteiger partial charge in [0.15, 0.2) is 23.0 Å². The van der Waals surface area contributed by atoms with Crippen LogP contribution < -0.4 is 24.3 Å². The number of carboxylic acid groups (broad SMARTS) is 1. The minimum absolute atomic E-state index is 0.307. The highest BCUT2D eigenvalue weighted by Gasteiger charge is 2.19. The van der Waals surface area contributed by atoms with Crippen LogP contribution in [0.3, 0.4) is 0 Å². The first-order chi connectivity index (χ1) is 13.9. The second-order valence-electron chi connectivity index (χ2n) is 6.18. The van der Waals surface area contributed by atoms with E-state index in [9.17, 15) is 9.59 Å². The monoisotopic (exact) mass is 399 g/mol. The van der Waals surface area contributed by atoms with Crippen molar-refractivity contribution in [3.63, 3.8) is 0 Å². The van der Waals surface area contributed by atoms with Crippen LogP contribution in [0.5, 0.6) is 23.0 Å². The molecule has 0 unspecified atom stereocenters. The Morgan fingerprint density at radius 3 is 1.76 bits per heavy atom. The Kier molecular flexibility index (Phi) is 5.63. The number of rotatable bonds is 7. The number of carbonyl (C=O) groups is 2. The first kappa shape index (κ1) is 20.1. The van der Waals surface area contributed by atoms with Gasteiger partial charge in [-0.15, -0.1) is 0 Å². The Bertz CT molecular complexity index is 1110. The molecule has 3 aromatic rings. The van der Waals surface area contributed by atoms with E-state index >= 15 is 0 Å². The zero-order chi connectivity index (χ0) is 21.1. The average Bonchev–Trinajstić information content (AvgIpc) is 2.74. The van der Waals surface area contributed by atoms with Gasteiger partial charge in [-0.05, 0) is 51.9 Å². The van der Waals surface area contributed by atoms with Crippen molar-refractivity contribution in [1.82, 2.24) is 5.32 Å². The van der Waals surface area contributed by atoms with Gasteiger partial charge in [-0.3, -0.25) is 9.59 Å². The van der Waals surface area contributed by atoms with Crippen LogP contribution in [0.15, 0.2) is 30.3 Å². The van der Waals surface area contributed by atoms with Crippen molar-refractivity contribution in [3.8, 4) is 23.0 Å². The number of fused-ring (bicyclic) bond motifs is 3. The molecule has 2 N–H and O–H groups in total. The molecule has 1 amide bonds. The summed E-state index contributed by atoms with van der Waals surface area (Å²) in [6.45, 7) is -0.489. The second kappa shape index (κ2) is 8.14. The van der Waals surface area contributed by atoms with Gasteiger partial charge >= 0.3 is 5.97 Å². The zero-order valence-electron chi connectivity index (χ0n) is 16.5. The molecule has 0 aliphatic rings. The molecule has 0 aliphatic carbocycles. The van der Waals surface area contributed by atoms with Crippen molar-refractivity contribution >= 4 is 33.4 Å². The number of ether oxygens (including phenoxy) is 4. The lowest BCUT2D eigenvalue weighted by atomic mass is 9.95. The standard InChI is InChI=1S/C21H21NO7/c1-26-16-6-11-5-15(21(25)22-10-20(23)24)14-9-19(29-4)18(28-3)8-13(14)12(11)7-17(16)27-2/h5-9H,10H2,1-4H3,(H,22,25)(H,23,24). The van der Waals surface area contributed by atoms with Crippen LogP contribution in [0, 0.1) is 0 Å². The number of nitrogens with one attached hydrogen (secondary N) is 1. The number of carboxylic acids is 1. The molecule has 8 heteroatoms. The predicted molar refractivity (Wildman–Crippen MR) is 108 cm³/mol. The Balaban J connectivity index is 2.37. The summed E-state index contributed by atoms with van der Waals surface area (Å²) in [6, 6.07) is 8.73. The maximum atomic E-state index is 12.7. The predicted octanol–water partition coefficient (Wildman–Crippen LogP) is 2.84. The van der Waals surface area contributed by atoms with Gasteiger partial charge in [0.25, 0.3) is 5.91 Å². The summed E-state index contributed by atoms with van der Waals surface area (Å²) in [5.41, 5.74) is 0.307. The van der Waals surface area contributed by atoms with Gasteiger partial charge in [0.2, 0.25) is 0 Å². The lowest BCUT2D eigenvalue weighted by molar-refractivity contribution is -0.135. The molecule has 0 atom stereocenters. The molecular weight excluding hydrogens is 378 g/mol. The minimum atomic E-state index is -1.13. The lowest BCUT2D eigenvalue weighted by Gasteiger charge is -2.16. The topological polar surface area (TPSA) is 103 Å². The summed E-state index contributed by atoms with van der Waals surface area (Å²) < 4.78 is 21.6. The maximum Gasteiger partial charge on any atom is 0.322 e. The van der Waals surface area contributed by atoms with Crippen LogP contribution in [0.4, 0.5) is 0 Å². The highest BCUT2D eigenvalue weighted by molar-refractivity contribution is 6.18. The largest absolute Gasteiger partial charge is 0.493 e. The fourth-order valence-corrected chi connectivity index (χ4v) is 3.24. The first-order valence-electron chi connectivity index (χ1n) is 8.68. The van der Waals surface area contributed by atoms with Crippen molar-refractivity contribution in [2.24, 2.45) is 0 Å². The normalized spacial score (nSPS) is 10.6. The van der Waals surface area contributed by atoms with Gasteiger partial charge < -0.3 is 29.4 Å². The number of methoxy groups -OCH3 is 4. The van der Waals surface area contributed by atoms with Crippen molar-refractivity contribution in [1.29, 1.82) is 0 Å². The molecule has 0 saturated carbocycles. The van der Waals surface area contributed by atoms with Gasteiger partial charge in [0.05, 0.1) is 28.4 Å². The Hall–Kier alpha value is -3.68. The number of hydrogen-bond donors (Lipinski definition) is 2. The summed E-state index contributed by atoms with van der Waals surface area (Å²) in [5, 5.41) is 14.1. The summed E-state index contributed by atoms with van der Waals surface area (Å²) in [4.78, 5) is 23.6. The van der Waals surface area contributed by atoms with Crippen LogP contribution in [-0.2, 0) is 4.79 Å². The Labute approximate surface area is 166 Å². The third-order valence-electron chi connectivity index (χ3n) is 4.60. The molecule has 0 bridgehead atoms. The van der Waals surface area contributed by atoms with E-state index in [-0.39, 0.29) is 0 Å². The van der Waals surface area contributed by atoms with E-state index in [1.165, 1.54) is 21.3 Å². The van der Waals surface area contributed by atoms with E-state index in [0.29, 0.717) is 33.9 Å². The summed E-state index contributed by atoms with van der Waals surface area (Å²) in [6.07, 6.45) is 0.